The zero-order valence-electron chi connectivity index (χ0n) is 10.7. The molecule has 1 aliphatic rings. The van der Waals surface area contributed by atoms with Crippen LogP contribution >= 0.6 is 11.3 Å². The molecular weight excluding hydrogens is 252 g/mol. The first-order chi connectivity index (χ1) is 8.70. The van der Waals surface area contributed by atoms with E-state index >= 15 is 0 Å². The molecule has 2 heterocycles. The number of aromatic nitrogens is 2. The molecule has 7 heteroatoms. The number of carbonyl (C=O) groups is 1. The van der Waals surface area contributed by atoms with Gasteiger partial charge in [-0.3, -0.25) is 4.79 Å². The quantitative estimate of drug-likeness (QED) is 0.886. The summed E-state index contributed by atoms with van der Waals surface area (Å²) in [5.74, 6) is 0.477. The predicted molar refractivity (Wildman–Crippen MR) is 70.0 cm³/mol. The number of carbonyl (C=O) groups excluding carboxylic acids is 1. The maximum Gasteiger partial charge on any atom is 0.284 e. The Morgan fingerprint density at radius 1 is 1.50 bits per heavy atom. The van der Waals surface area contributed by atoms with E-state index in [0.29, 0.717) is 16.1 Å². The monoisotopic (exact) mass is 270 g/mol. The van der Waals surface area contributed by atoms with Crippen LogP contribution in [0.4, 0.5) is 5.13 Å². The Balaban J connectivity index is 1.91. The Morgan fingerprint density at radius 2 is 2.22 bits per heavy atom. The first-order valence-electron chi connectivity index (χ1n) is 6.05. The van der Waals surface area contributed by atoms with Gasteiger partial charge in [-0.15, -0.1) is 10.2 Å². The van der Waals surface area contributed by atoms with Gasteiger partial charge in [0.25, 0.3) is 5.91 Å². The maximum absolute atomic E-state index is 12.1. The van der Waals surface area contributed by atoms with Crippen LogP contribution in [0.1, 0.15) is 22.6 Å². The Kier molecular flexibility index (Phi) is 4.48. The van der Waals surface area contributed by atoms with Crippen LogP contribution in [0.3, 0.4) is 0 Å². The lowest BCUT2D eigenvalue weighted by Crippen LogP contribution is -2.34. The van der Waals surface area contributed by atoms with Gasteiger partial charge in [0, 0.05) is 33.9 Å². The Bertz CT molecular complexity index is 404. The van der Waals surface area contributed by atoms with Gasteiger partial charge in [-0.25, -0.2) is 0 Å². The van der Waals surface area contributed by atoms with E-state index in [2.05, 4.69) is 15.5 Å². The van der Waals surface area contributed by atoms with Gasteiger partial charge in [-0.2, -0.15) is 0 Å². The summed E-state index contributed by atoms with van der Waals surface area (Å²) in [5, 5.41) is 11.7. The predicted octanol–water partition coefficient (Wildman–Crippen LogP) is 1.08. The van der Waals surface area contributed by atoms with Crippen LogP contribution in [-0.4, -0.2) is 54.9 Å². The van der Waals surface area contributed by atoms with E-state index in [-0.39, 0.29) is 5.91 Å². The fourth-order valence-corrected chi connectivity index (χ4v) is 2.66. The van der Waals surface area contributed by atoms with Crippen LogP contribution in [0.15, 0.2) is 0 Å². The van der Waals surface area contributed by atoms with E-state index in [4.69, 9.17) is 4.74 Å². The van der Waals surface area contributed by atoms with Crippen LogP contribution in [-0.2, 0) is 4.74 Å². The Morgan fingerprint density at radius 3 is 2.83 bits per heavy atom. The minimum absolute atomic E-state index is 0.0551. The molecule has 0 spiro atoms. The first-order valence-corrected chi connectivity index (χ1v) is 6.87. The molecule has 0 atom stereocenters. The third-order valence-corrected chi connectivity index (χ3v) is 3.97. The standard InChI is InChI=1S/C11H18N4O2S/c1-12-11-14-13-9(18-11)10(16)15(2)7-8-3-5-17-6-4-8/h8H,3-7H2,1-2H3,(H,12,14). The van der Waals surface area contributed by atoms with Crippen LogP contribution in [0.25, 0.3) is 0 Å². The van der Waals surface area contributed by atoms with E-state index in [1.807, 2.05) is 7.05 Å². The summed E-state index contributed by atoms with van der Waals surface area (Å²) in [7, 11) is 3.58. The Hall–Kier alpha value is -1.21. The van der Waals surface area contributed by atoms with E-state index in [1.54, 1.807) is 11.9 Å². The SMILES string of the molecule is CNc1nnc(C(=O)N(C)CC2CCOCC2)s1. The second kappa shape index (κ2) is 6.10. The summed E-state index contributed by atoms with van der Waals surface area (Å²) in [5.41, 5.74) is 0. The number of amides is 1. The van der Waals surface area contributed by atoms with Gasteiger partial charge in [0.2, 0.25) is 10.1 Å². The molecule has 100 valence electrons. The molecule has 0 aliphatic carbocycles. The molecule has 0 saturated carbocycles. The highest BCUT2D eigenvalue weighted by Crippen LogP contribution is 2.19. The van der Waals surface area contributed by atoms with E-state index < -0.39 is 0 Å². The summed E-state index contributed by atoms with van der Waals surface area (Å²) in [6.45, 7) is 2.36. The molecule has 0 unspecified atom stereocenters. The zero-order valence-corrected chi connectivity index (χ0v) is 11.5. The number of ether oxygens (including phenoxy) is 1. The van der Waals surface area contributed by atoms with Gasteiger partial charge >= 0.3 is 0 Å². The van der Waals surface area contributed by atoms with Crippen molar-refractivity contribution in [2.45, 2.75) is 12.8 Å². The average Bonchev–Trinajstić information content (AvgIpc) is 2.87. The fourth-order valence-electron chi connectivity index (χ4n) is 1.97. The molecule has 1 aliphatic heterocycles. The Labute approximate surface area is 110 Å². The molecule has 1 aromatic rings. The van der Waals surface area contributed by atoms with Gasteiger partial charge in [0.05, 0.1) is 0 Å². The molecule has 1 fully saturated rings. The van der Waals surface area contributed by atoms with Crippen LogP contribution in [0.2, 0.25) is 0 Å². The second-order valence-corrected chi connectivity index (χ2v) is 5.38. The molecule has 6 nitrogen and oxygen atoms in total. The normalized spacial score (nSPS) is 16.6. The lowest BCUT2D eigenvalue weighted by molar-refractivity contribution is 0.0497. The summed E-state index contributed by atoms with van der Waals surface area (Å²) >= 11 is 1.28. The van der Waals surface area contributed by atoms with Crippen molar-refractivity contribution in [1.29, 1.82) is 0 Å². The molecule has 1 N–H and O–H groups in total. The molecular formula is C11H18N4O2S. The molecule has 1 amide bonds. The van der Waals surface area contributed by atoms with E-state index in [9.17, 15) is 4.79 Å². The van der Waals surface area contributed by atoms with Crippen molar-refractivity contribution in [3.8, 4) is 0 Å². The highest BCUT2D eigenvalue weighted by atomic mass is 32.1. The number of hydrogen-bond acceptors (Lipinski definition) is 6. The highest BCUT2D eigenvalue weighted by Gasteiger charge is 2.21. The van der Waals surface area contributed by atoms with Crippen molar-refractivity contribution in [2.75, 3.05) is 39.2 Å². The number of hydrogen-bond donors (Lipinski definition) is 1. The van der Waals surface area contributed by atoms with E-state index in [0.717, 1.165) is 32.6 Å². The van der Waals surface area contributed by atoms with Crippen molar-refractivity contribution in [3.05, 3.63) is 5.01 Å². The summed E-state index contributed by atoms with van der Waals surface area (Å²) in [6.07, 6.45) is 2.05. The van der Waals surface area contributed by atoms with Crippen LogP contribution in [0.5, 0.6) is 0 Å². The molecule has 1 aromatic heterocycles. The number of nitrogens with zero attached hydrogens (tertiary/aromatic N) is 3. The fraction of sp³-hybridized carbons (Fsp3) is 0.727. The lowest BCUT2D eigenvalue weighted by Gasteiger charge is -2.26. The average molecular weight is 270 g/mol. The molecule has 1 saturated heterocycles. The zero-order chi connectivity index (χ0) is 13.0. The molecule has 0 bridgehead atoms. The van der Waals surface area contributed by atoms with Gasteiger partial charge in [0.1, 0.15) is 0 Å². The van der Waals surface area contributed by atoms with Gasteiger partial charge in [-0.1, -0.05) is 11.3 Å². The van der Waals surface area contributed by atoms with Gasteiger partial charge in [-0.05, 0) is 18.8 Å². The van der Waals surface area contributed by atoms with Crippen LogP contribution in [0, 0.1) is 5.92 Å². The summed E-state index contributed by atoms with van der Waals surface area (Å²) in [6, 6.07) is 0. The molecule has 0 aromatic carbocycles. The van der Waals surface area contributed by atoms with Gasteiger partial charge < -0.3 is 15.0 Å². The van der Waals surface area contributed by atoms with Gasteiger partial charge in [0.15, 0.2) is 0 Å². The van der Waals surface area contributed by atoms with Crippen molar-refractivity contribution < 1.29 is 9.53 Å². The van der Waals surface area contributed by atoms with Crippen molar-refractivity contribution in [2.24, 2.45) is 5.92 Å². The third kappa shape index (κ3) is 3.17. The molecule has 2 rings (SSSR count). The number of rotatable bonds is 4. The maximum atomic E-state index is 12.1. The van der Waals surface area contributed by atoms with E-state index in [1.165, 1.54) is 11.3 Å². The van der Waals surface area contributed by atoms with Crippen LogP contribution < -0.4 is 5.32 Å². The largest absolute Gasteiger partial charge is 0.381 e. The molecule has 0 radical (unpaired) electrons. The topological polar surface area (TPSA) is 67.4 Å². The number of nitrogens with one attached hydrogen (secondary N) is 1. The highest BCUT2D eigenvalue weighted by molar-refractivity contribution is 7.17. The first kappa shape index (κ1) is 13.2. The second-order valence-electron chi connectivity index (χ2n) is 4.40. The van der Waals surface area contributed by atoms with Crippen molar-refractivity contribution in [1.82, 2.24) is 15.1 Å². The minimum Gasteiger partial charge on any atom is -0.381 e. The third-order valence-electron chi connectivity index (χ3n) is 3.04. The summed E-state index contributed by atoms with van der Waals surface area (Å²) in [4.78, 5) is 13.9. The lowest BCUT2D eigenvalue weighted by atomic mass is 10.00. The minimum atomic E-state index is -0.0551. The summed E-state index contributed by atoms with van der Waals surface area (Å²) < 4.78 is 5.31. The smallest absolute Gasteiger partial charge is 0.284 e. The number of anilines is 1. The van der Waals surface area contributed by atoms with Crippen molar-refractivity contribution in [3.63, 3.8) is 0 Å². The molecule has 18 heavy (non-hydrogen) atoms. The van der Waals surface area contributed by atoms with Crippen molar-refractivity contribution >= 4 is 22.4 Å².